The minimum atomic E-state index is -0.394. The summed E-state index contributed by atoms with van der Waals surface area (Å²) < 4.78 is 0. The molecule has 0 radical (unpaired) electrons. The Labute approximate surface area is 189 Å². The fraction of sp³-hybridized carbons (Fsp3) is 0.179. The molecule has 0 fully saturated rings. The third-order valence-corrected chi connectivity index (χ3v) is 4.45. The molecule has 0 saturated heterocycles. The van der Waals surface area contributed by atoms with E-state index < -0.39 is 5.78 Å². The summed E-state index contributed by atoms with van der Waals surface area (Å²) in [6, 6.07) is 9.75. The Hall–Kier alpha value is -3.88. The number of Topliss-reactive ketones (excluding diaryl/α,β-unsaturated/α-hetero) is 1. The van der Waals surface area contributed by atoms with Crippen LogP contribution in [0.25, 0.3) is 0 Å². The van der Waals surface area contributed by atoms with Crippen molar-refractivity contribution in [1.29, 1.82) is 0 Å². The van der Waals surface area contributed by atoms with Crippen LogP contribution in [0.15, 0.2) is 113 Å². The van der Waals surface area contributed by atoms with Crippen LogP contribution in [0.5, 0.6) is 0 Å². The number of benzene rings is 1. The highest BCUT2D eigenvalue weighted by Gasteiger charge is 2.12. The zero-order valence-corrected chi connectivity index (χ0v) is 18.5. The van der Waals surface area contributed by atoms with Gasteiger partial charge in [0.25, 0.3) is 0 Å². The van der Waals surface area contributed by atoms with E-state index in [1.807, 2.05) is 49.4 Å². The number of hydrogen-bond donors (Lipinski definition) is 0. The largest absolute Gasteiger partial charge is 0.300 e. The lowest BCUT2D eigenvalue weighted by Gasteiger charge is -1.99. The summed E-state index contributed by atoms with van der Waals surface area (Å²) in [4.78, 5) is 40.8. The van der Waals surface area contributed by atoms with Gasteiger partial charge in [0.1, 0.15) is 5.78 Å². The summed E-state index contributed by atoms with van der Waals surface area (Å²) in [5.41, 5.74) is 5.89. The smallest absolute Gasteiger partial charge is 0.189 e. The van der Waals surface area contributed by atoms with Gasteiger partial charge in [-0.1, -0.05) is 60.4 Å². The Balaban J connectivity index is 2.09. The summed E-state index contributed by atoms with van der Waals surface area (Å²) >= 11 is 0. The van der Waals surface area contributed by atoms with Crippen LogP contribution in [-0.2, 0) is 20.8 Å². The maximum absolute atomic E-state index is 12.7. The molecule has 162 valence electrons. The minimum Gasteiger partial charge on any atom is -0.300 e. The number of aliphatic imine (C=N–C) groups is 1. The van der Waals surface area contributed by atoms with Gasteiger partial charge in [-0.2, -0.15) is 0 Å². The number of carbonyl (C=O) groups is 3. The first-order valence-corrected chi connectivity index (χ1v) is 10.4. The number of nitrogens with zero attached hydrogens (tertiary/aromatic N) is 1. The highest BCUT2D eigenvalue weighted by molar-refractivity contribution is 6.27. The van der Waals surface area contributed by atoms with Gasteiger partial charge in [-0.25, -0.2) is 0 Å². The Kier molecular flexibility index (Phi) is 10.2. The fourth-order valence-electron chi connectivity index (χ4n) is 2.72. The van der Waals surface area contributed by atoms with Gasteiger partial charge in [0.2, 0.25) is 0 Å². The van der Waals surface area contributed by atoms with E-state index in [-0.39, 0.29) is 23.6 Å². The van der Waals surface area contributed by atoms with E-state index in [0.29, 0.717) is 12.8 Å². The van der Waals surface area contributed by atoms with Crippen molar-refractivity contribution in [2.75, 3.05) is 0 Å². The predicted molar refractivity (Wildman–Crippen MR) is 129 cm³/mol. The standard InChI is InChI=1S/C28H27NO3/c1-22-18-19-25(29-21-20-22)14-9-17-28(32)26(15-7-6-10-23(2)30)27(31)16-8-13-24-11-4-3-5-12-24/h3-9,11-12,15-19,21H,10,13-14H2,1-2H3/b7-6+,16-8+,17-9+,26-15+. The van der Waals surface area contributed by atoms with Gasteiger partial charge in [0, 0.05) is 18.6 Å². The second kappa shape index (κ2) is 13.4. The molecule has 0 N–H and O–H groups in total. The Morgan fingerprint density at radius 1 is 0.938 bits per heavy atom. The van der Waals surface area contributed by atoms with Crippen LogP contribution in [0, 0.1) is 0 Å². The molecule has 0 atom stereocenters. The van der Waals surface area contributed by atoms with E-state index in [1.165, 1.54) is 25.2 Å². The molecule has 1 aliphatic rings. The fourth-order valence-corrected chi connectivity index (χ4v) is 2.72. The van der Waals surface area contributed by atoms with Gasteiger partial charge in [0.05, 0.1) is 11.8 Å². The lowest BCUT2D eigenvalue weighted by Crippen LogP contribution is -2.09. The van der Waals surface area contributed by atoms with E-state index in [2.05, 4.69) is 10.7 Å². The second-order valence-electron chi connectivity index (χ2n) is 7.25. The van der Waals surface area contributed by atoms with Gasteiger partial charge in [-0.05, 0) is 61.8 Å². The van der Waals surface area contributed by atoms with E-state index in [4.69, 9.17) is 0 Å². The molecule has 32 heavy (non-hydrogen) atoms. The van der Waals surface area contributed by atoms with Crippen LogP contribution in [0.2, 0.25) is 0 Å². The molecule has 4 heteroatoms. The molecule has 1 heterocycles. The number of hydrogen-bond acceptors (Lipinski definition) is 4. The first-order chi connectivity index (χ1) is 15.5. The number of ketones is 3. The van der Waals surface area contributed by atoms with Gasteiger partial charge >= 0.3 is 0 Å². The number of allylic oxidation sites excluding steroid dienone is 11. The molecular formula is C28H27NO3. The molecule has 0 aromatic heterocycles. The van der Waals surface area contributed by atoms with Crippen molar-refractivity contribution in [3.63, 3.8) is 0 Å². The average Bonchev–Trinajstić information content (AvgIpc) is 2.98. The normalized spacial score (nSPS) is 14.1. The molecule has 0 amide bonds. The van der Waals surface area contributed by atoms with Crippen molar-refractivity contribution >= 4 is 23.1 Å². The predicted octanol–water partition coefficient (Wildman–Crippen LogP) is 5.40. The molecule has 0 unspecified atom stereocenters. The van der Waals surface area contributed by atoms with Crippen molar-refractivity contribution in [1.82, 2.24) is 0 Å². The molecule has 0 saturated carbocycles. The van der Waals surface area contributed by atoms with Crippen molar-refractivity contribution in [3.8, 4) is 0 Å². The second-order valence-corrected chi connectivity index (χ2v) is 7.25. The van der Waals surface area contributed by atoms with Crippen LogP contribution in [0.1, 0.15) is 32.3 Å². The van der Waals surface area contributed by atoms with Crippen LogP contribution in [0.4, 0.5) is 0 Å². The summed E-state index contributed by atoms with van der Waals surface area (Å²) in [5, 5.41) is 0. The first-order valence-electron chi connectivity index (χ1n) is 10.4. The first kappa shape index (κ1) is 24.4. The number of rotatable bonds is 11. The zero-order chi connectivity index (χ0) is 23.2. The number of carbonyl (C=O) groups excluding carboxylic acids is 3. The summed E-state index contributed by atoms with van der Waals surface area (Å²) in [6.45, 7) is 3.41. The van der Waals surface area contributed by atoms with Gasteiger partial charge in [-0.3, -0.25) is 19.4 Å². The molecule has 1 aromatic carbocycles. The van der Waals surface area contributed by atoms with Crippen LogP contribution >= 0.6 is 0 Å². The van der Waals surface area contributed by atoms with Gasteiger partial charge in [-0.15, -0.1) is 0 Å². The quantitative estimate of drug-likeness (QED) is 0.157. The van der Waals surface area contributed by atoms with Crippen LogP contribution in [-0.4, -0.2) is 23.1 Å². The molecule has 0 bridgehead atoms. The molecule has 1 aliphatic heterocycles. The van der Waals surface area contributed by atoms with E-state index in [0.717, 1.165) is 16.8 Å². The highest BCUT2D eigenvalue weighted by Crippen LogP contribution is 2.07. The SMILES string of the molecule is CC(=O)C/C=C/C=C(/C(=O)/C=C/CC1=NC=C=C(C)C=C1)C(=O)/C=C/Cc1ccccc1. The topological polar surface area (TPSA) is 63.6 Å². The zero-order valence-electron chi connectivity index (χ0n) is 18.5. The summed E-state index contributed by atoms with van der Waals surface area (Å²) in [7, 11) is 0. The molecular weight excluding hydrogens is 398 g/mol. The minimum absolute atomic E-state index is 0.00696. The molecule has 2 rings (SSSR count). The Morgan fingerprint density at radius 3 is 2.31 bits per heavy atom. The van der Waals surface area contributed by atoms with E-state index in [1.54, 1.807) is 30.5 Å². The molecule has 1 aromatic rings. The van der Waals surface area contributed by atoms with E-state index >= 15 is 0 Å². The molecule has 0 aliphatic carbocycles. The lowest BCUT2D eigenvalue weighted by atomic mass is 10.0. The van der Waals surface area contributed by atoms with Crippen molar-refractivity contribution in [2.24, 2.45) is 4.99 Å². The highest BCUT2D eigenvalue weighted by atomic mass is 16.1. The van der Waals surface area contributed by atoms with Gasteiger partial charge in [0.15, 0.2) is 11.6 Å². The third kappa shape index (κ3) is 9.29. The third-order valence-electron chi connectivity index (χ3n) is 4.45. The Bertz CT molecular complexity index is 1090. The molecule has 0 spiro atoms. The summed E-state index contributed by atoms with van der Waals surface area (Å²) in [5.74, 6) is -0.764. The van der Waals surface area contributed by atoms with Crippen LogP contribution < -0.4 is 0 Å². The van der Waals surface area contributed by atoms with Crippen molar-refractivity contribution in [2.45, 2.75) is 33.1 Å². The van der Waals surface area contributed by atoms with Crippen molar-refractivity contribution < 1.29 is 14.4 Å². The van der Waals surface area contributed by atoms with Gasteiger partial charge < -0.3 is 0 Å². The van der Waals surface area contributed by atoms with Crippen LogP contribution in [0.3, 0.4) is 0 Å². The maximum Gasteiger partial charge on any atom is 0.189 e. The monoisotopic (exact) mass is 425 g/mol. The molecule has 4 nitrogen and oxygen atoms in total. The Morgan fingerprint density at radius 2 is 1.62 bits per heavy atom. The van der Waals surface area contributed by atoms with Crippen molar-refractivity contribution in [3.05, 3.63) is 114 Å². The van der Waals surface area contributed by atoms with E-state index in [9.17, 15) is 14.4 Å². The average molecular weight is 426 g/mol. The maximum atomic E-state index is 12.7. The lowest BCUT2D eigenvalue weighted by molar-refractivity contribution is -0.117. The summed E-state index contributed by atoms with van der Waals surface area (Å²) in [6.07, 6.45) is 17.6.